The zero-order valence-electron chi connectivity index (χ0n) is 12.3. The van der Waals surface area contributed by atoms with E-state index in [4.69, 9.17) is 0 Å². The second-order valence-corrected chi connectivity index (χ2v) is 7.26. The van der Waals surface area contributed by atoms with Crippen molar-refractivity contribution in [2.24, 2.45) is 0 Å². The maximum Gasteiger partial charge on any atom is 0.271 e. The highest BCUT2D eigenvalue weighted by atomic mass is 32.2. The molecule has 1 heterocycles. The molecule has 2 aromatic rings. The number of H-pyrrole nitrogens is 1. The number of rotatable bonds is 6. The Bertz CT molecular complexity index is 738. The second kappa shape index (κ2) is 6.61. The number of nitrogens with one attached hydrogen (secondary N) is 3. The molecule has 1 aromatic carbocycles. The van der Waals surface area contributed by atoms with Crippen molar-refractivity contribution < 1.29 is 13.2 Å². The van der Waals surface area contributed by atoms with Crippen molar-refractivity contribution in [2.45, 2.75) is 25.6 Å². The van der Waals surface area contributed by atoms with E-state index >= 15 is 0 Å². The molecule has 22 heavy (non-hydrogen) atoms. The van der Waals surface area contributed by atoms with Crippen LogP contribution in [0.1, 0.15) is 29.9 Å². The van der Waals surface area contributed by atoms with Gasteiger partial charge in [0.05, 0.1) is 17.1 Å². The van der Waals surface area contributed by atoms with Gasteiger partial charge in [-0.15, -0.1) is 0 Å². The highest BCUT2D eigenvalue weighted by Gasteiger charge is 2.21. The maximum atomic E-state index is 12.1. The molecule has 3 N–H and O–H groups in total. The first-order chi connectivity index (χ1) is 10.4. The molecule has 0 unspecified atom stereocenters. The summed E-state index contributed by atoms with van der Waals surface area (Å²) in [6.07, 6.45) is 1.28. The van der Waals surface area contributed by atoms with Gasteiger partial charge in [0.25, 0.3) is 5.91 Å². The molecule has 0 saturated carbocycles. The average Bonchev–Trinajstić information content (AvgIpc) is 2.93. The molecule has 0 aliphatic carbocycles. The number of carbonyl (C=O) groups is 1. The van der Waals surface area contributed by atoms with Crippen LogP contribution in [0.2, 0.25) is 0 Å². The number of anilines is 1. The summed E-state index contributed by atoms with van der Waals surface area (Å²) in [7, 11) is -3.53. The average molecular weight is 322 g/mol. The molecule has 0 bridgehead atoms. The highest BCUT2D eigenvalue weighted by Crippen LogP contribution is 2.15. The summed E-state index contributed by atoms with van der Waals surface area (Å²) in [6, 6.07) is 9.41. The number of amides is 1. The summed E-state index contributed by atoms with van der Waals surface area (Å²) in [6.45, 7) is 3.45. The van der Waals surface area contributed by atoms with E-state index in [-0.39, 0.29) is 11.4 Å². The normalized spacial score (nSPS) is 11.4. The Kier molecular flexibility index (Phi) is 4.81. The maximum absolute atomic E-state index is 12.1. The summed E-state index contributed by atoms with van der Waals surface area (Å²) < 4.78 is 26.1. The van der Waals surface area contributed by atoms with E-state index in [1.54, 1.807) is 13.8 Å². The lowest BCUT2D eigenvalue weighted by Crippen LogP contribution is -2.27. The summed E-state index contributed by atoms with van der Waals surface area (Å²) in [5, 5.41) is 8.35. The lowest BCUT2D eigenvalue weighted by Gasteiger charge is -2.10. The molecule has 0 radical (unpaired) electrons. The van der Waals surface area contributed by atoms with Gasteiger partial charge in [-0.25, -0.2) is 8.42 Å². The Morgan fingerprint density at radius 1 is 1.27 bits per heavy atom. The van der Waals surface area contributed by atoms with Crippen LogP contribution in [0, 0.1) is 0 Å². The molecular formula is C14H18N4O3S. The summed E-state index contributed by atoms with van der Waals surface area (Å²) in [4.78, 5) is 12.1. The fourth-order valence-corrected chi connectivity index (χ4v) is 2.37. The molecule has 0 saturated heterocycles. The molecule has 2 rings (SSSR count). The molecule has 1 aromatic heterocycles. The lowest BCUT2D eigenvalue weighted by atomic mass is 10.2. The van der Waals surface area contributed by atoms with Crippen LogP contribution < -0.4 is 10.0 Å². The van der Waals surface area contributed by atoms with E-state index in [2.05, 4.69) is 20.2 Å². The van der Waals surface area contributed by atoms with Crippen molar-refractivity contribution in [3.8, 4) is 0 Å². The Morgan fingerprint density at radius 3 is 2.59 bits per heavy atom. The van der Waals surface area contributed by atoms with Crippen molar-refractivity contribution >= 4 is 21.6 Å². The minimum absolute atomic E-state index is 0.0835. The zero-order chi connectivity index (χ0) is 16.2. The van der Waals surface area contributed by atoms with Gasteiger partial charge in [0.2, 0.25) is 10.0 Å². The molecule has 0 aliphatic rings. The fraction of sp³-hybridized carbons (Fsp3) is 0.286. The first kappa shape index (κ1) is 16.0. The topological polar surface area (TPSA) is 104 Å². The molecule has 0 spiro atoms. The molecule has 0 aliphatic heterocycles. The highest BCUT2D eigenvalue weighted by molar-refractivity contribution is 7.93. The lowest BCUT2D eigenvalue weighted by molar-refractivity contribution is 0.0947. The van der Waals surface area contributed by atoms with E-state index in [1.807, 2.05) is 30.3 Å². The summed E-state index contributed by atoms with van der Waals surface area (Å²) in [5.74, 6) is -0.428. The van der Waals surface area contributed by atoms with Crippen molar-refractivity contribution in [1.29, 1.82) is 0 Å². The number of sulfonamides is 1. The van der Waals surface area contributed by atoms with Gasteiger partial charge in [0.15, 0.2) is 0 Å². The van der Waals surface area contributed by atoms with Gasteiger partial charge in [-0.3, -0.25) is 14.6 Å². The quantitative estimate of drug-likeness (QED) is 0.749. The van der Waals surface area contributed by atoms with Gasteiger partial charge in [0.1, 0.15) is 5.69 Å². The Morgan fingerprint density at radius 2 is 1.95 bits per heavy atom. The molecule has 118 valence electrons. The van der Waals surface area contributed by atoms with E-state index in [9.17, 15) is 13.2 Å². The summed E-state index contributed by atoms with van der Waals surface area (Å²) in [5.41, 5.74) is 1.17. The zero-order valence-corrected chi connectivity index (χ0v) is 13.1. The largest absolute Gasteiger partial charge is 0.347 e. The molecule has 7 nitrogen and oxygen atoms in total. The third kappa shape index (κ3) is 3.85. The molecule has 1 amide bonds. The number of aromatic amines is 1. The molecule has 0 fully saturated rings. The number of hydrogen-bond acceptors (Lipinski definition) is 4. The van der Waals surface area contributed by atoms with Gasteiger partial charge in [0, 0.05) is 6.54 Å². The van der Waals surface area contributed by atoms with Gasteiger partial charge in [-0.1, -0.05) is 30.3 Å². The van der Waals surface area contributed by atoms with Crippen molar-refractivity contribution in [3.05, 3.63) is 47.8 Å². The molecule has 8 heteroatoms. The first-order valence-corrected chi connectivity index (χ1v) is 8.32. The number of aromatic nitrogens is 2. The van der Waals surface area contributed by atoms with E-state index in [0.717, 1.165) is 5.56 Å². The standard InChI is InChI=1S/C14H18N4O3S/c1-10(2)22(20,21)18-12-9-16-17-13(12)14(19)15-8-11-6-4-3-5-7-11/h3-7,9-10,18H,8H2,1-2H3,(H,15,19)(H,16,17). The van der Waals surface area contributed by atoms with Crippen LogP contribution in [0.4, 0.5) is 5.69 Å². The predicted molar refractivity (Wildman–Crippen MR) is 83.9 cm³/mol. The van der Waals surface area contributed by atoms with Gasteiger partial charge < -0.3 is 5.32 Å². The minimum Gasteiger partial charge on any atom is -0.347 e. The monoisotopic (exact) mass is 322 g/mol. The predicted octanol–water partition coefficient (Wildman–Crippen LogP) is 1.49. The SMILES string of the molecule is CC(C)S(=O)(=O)Nc1cn[nH]c1C(=O)NCc1ccccc1. The number of hydrogen-bond donors (Lipinski definition) is 3. The van der Waals surface area contributed by atoms with Gasteiger partial charge in [-0.05, 0) is 19.4 Å². The van der Waals surface area contributed by atoms with Crippen molar-refractivity contribution in [1.82, 2.24) is 15.5 Å². The first-order valence-electron chi connectivity index (χ1n) is 6.77. The number of carbonyl (C=O) groups excluding carboxylic acids is 1. The Labute approximate surface area is 129 Å². The van der Waals surface area contributed by atoms with Crippen LogP contribution in [0.5, 0.6) is 0 Å². The third-order valence-electron chi connectivity index (χ3n) is 3.04. The molecule has 0 atom stereocenters. The van der Waals surface area contributed by atoms with Gasteiger partial charge in [-0.2, -0.15) is 5.10 Å². The van der Waals surface area contributed by atoms with Crippen LogP contribution in [-0.2, 0) is 16.6 Å². The van der Waals surface area contributed by atoms with Crippen LogP contribution in [0.3, 0.4) is 0 Å². The van der Waals surface area contributed by atoms with E-state index in [1.165, 1.54) is 6.20 Å². The number of benzene rings is 1. The fourth-order valence-electron chi connectivity index (χ4n) is 1.67. The number of nitrogens with zero attached hydrogens (tertiary/aromatic N) is 1. The van der Waals surface area contributed by atoms with Crippen LogP contribution >= 0.6 is 0 Å². The summed E-state index contributed by atoms with van der Waals surface area (Å²) >= 11 is 0. The van der Waals surface area contributed by atoms with Crippen LogP contribution in [0.15, 0.2) is 36.5 Å². The Hall–Kier alpha value is -2.35. The van der Waals surface area contributed by atoms with Crippen molar-refractivity contribution in [2.75, 3.05) is 4.72 Å². The van der Waals surface area contributed by atoms with E-state index in [0.29, 0.717) is 6.54 Å². The van der Waals surface area contributed by atoms with Crippen LogP contribution in [-0.4, -0.2) is 29.8 Å². The smallest absolute Gasteiger partial charge is 0.271 e. The second-order valence-electron chi connectivity index (χ2n) is 5.02. The minimum atomic E-state index is -3.53. The Balaban J connectivity index is 2.07. The third-order valence-corrected chi connectivity index (χ3v) is 4.78. The molecular weight excluding hydrogens is 304 g/mol. The van der Waals surface area contributed by atoms with Crippen molar-refractivity contribution in [3.63, 3.8) is 0 Å². The van der Waals surface area contributed by atoms with E-state index < -0.39 is 21.2 Å². The van der Waals surface area contributed by atoms with Gasteiger partial charge >= 0.3 is 0 Å². The van der Waals surface area contributed by atoms with Crippen LogP contribution in [0.25, 0.3) is 0 Å².